The summed E-state index contributed by atoms with van der Waals surface area (Å²) in [5, 5.41) is 9.36. The van der Waals surface area contributed by atoms with Crippen molar-refractivity contribution in [1.82, 2.24) is 9.88 Å². The molecule has 0 aliphatic carbocycles. The number of amides is 1. The minimum absolute atomic E-state index is 0.227. The van der Waals surface area contributed by atoms with Crippen LogP contribution in [0.1, 0.15) is 36.0 Å². The lowest BCUT2D eigenvalue weighted by Crippen LogP contribution is -2.44. The molecule has 0 saturated carbocycles. The fraction of sp³-hybridized carbons (Fsp3) is 0.533. The zero-order valence-electron chi connectivity index (χ0n) is 12.5. The molecule has 1 atom stereocenters. The number of aliphatic carboxylic acids is 1. The molecule has 0 aromatic carbocycles. The second kappa shape index (κ2) is 6.56. The van der Waals surface area contributed by atoms with Crippen molar-refractivity contribution in [2.45, 2.75) is 31.7 Å². The molecular weight excluding hydrogens is 270 g/mol. The number of hydrogen-bond donors (Lipinski definition) is 1. The van der Waals surface area contributed by atoms with Crippen LogP contribution in [0.3, 0.4) is 0 Å². The predicted molar refractivity (Wildman–Crippen MR) is 79.5 cm³/mol. The molecule has 2 rings (SSSR count). The summed E-state index contributed by atoms with van der Waals surface area (Å²) in [7, 11) is 3.70. The lowest BCUT2D eigenvalue weighted by molar-refractivity contribution is -0.142. The first-order valence-electron chi connectivity index (χ1n) is 7.18. The highest BCUT2D eigenvalue weighted by atomic mass is 16.4. The summed E-state index contributed by atoms with van der Waals surface area (Å²) in [6.45, 7) is 0.495. The largest absolute Gasteiger partial charge is 0.480 e. The molecule has 1 unspecified atom stereocenters. The zero-order chi connectivity index (χ0) is 15.4. The third-order valence-electron chi connectivity index (χ3n) is 3.75. The third-order valence-corrected chi connectivity index (χ3v) is 3.75. The lowest BCUT2D eigenvalue weighted by Gasteiger charge is -2.27. The molecule has 0 spiro atoms. The summed E-state index contributed by atoms with van der Waals surface area (Å²) < 4.78 is 0. The van der Waals surface area contributed by atoms with Crippen molar-refractivity contribution < 1.29 is 14.7 Å². The van der Waals surface area contributed by atoms with E-state index in [4.69, 9.17) is 0 Å². The molecule has 6 heteroatoms. The van der Waals surface area contributed by atoms with Gasteiger partial charge in [0.25, 0.3) is 5.91 Å². The summed E-state index contributed by atoms with van der Waals surface area (Å²) in [4.78, 5) is 31.6. The van der Waals surface area contributed by atoms with Gasteiger partial charge in [0.2, 0.25) is 0 Å². The molecule has 6 nitrogen and oxygen atoms in total. The van der Waals surface area contributed by atoms with Crippen molar-refractivity contribution in [2.24, 2.45) is 0 Å². The summed E-state index contributed by atoms with van der Waals surface area (Å²) in [6, 6.07) is 2.61. The number of carbonyl (C=O) groups is 2. The number of carboxylic acid groups (broad SMARTS) is 1. The fourth-order valence-corrected chi connectivity index (χ4v) is 2.57. The van der Waals surface area contributed by atoms with Gasteiger partial charge in [0.05, 0.1) is 0 Å². The van der Waals surface area contributed by atoms with Gasteiger partial charge >= 0.3 is 5.97 Å². The summed E-state index contributed by atoms with van der Waals surface area (Å²) in [5.41, 5.74) is 0.488. The van der Waals surface area contributed by atoms with E-state index in [1.54, 1.807) is 18.3 Å². The highest BCUT2D eigenvalue weighted by Crippen LogP contribution is 2.20. The van der Waals surface area contributed by atoms with Gasteiger partial charge in [-0.2, -0.15) is 0 Å². The van der Waals surface area contributed by atoms with E-state index in [0.717, 1.165) is 19.3 Å². The SMILES string of the molecule is CN(C)c1cc(C(=O)N2CCCCCC2C(=O)O)ccn1. The predicted octanol–water partition coefficient (Wildman–Crippen LogP) is 1.62. The number of aromatic nitrogens is 1. The highest BCUT2D eigenvalue weighted by Gasteiger charge is 2.31. The van der Waals surface area contributed by atoms with E-state index in [1.165, 1.54) is 4.90 Å². The van der Waals surface area contributed by atoms with E-state index < -0.39 is 12.0 Å². The molecular formula is C15H21N3O3. The third kappa shape index (κ3) is 3.51. The van der Waals surface area contributed by atoms with Gasteiger partial charge in [0.15, 0.2) is 0 Å². The van der Waals surface area contributed by atoms with Gasteiger partial charge < -0.3 is 14.9 Å². The Morgan fingerprint density at radius 2 is 2.10 bits per heavy atom. The first kappa shape index (κ1) is 15.3. The van der Waals surface area contributed by atoms with E-state index in [-0.39, 0.29) is 5.91 Å². The van der Waals surface area contributed by atoms with Gasteiger partial charge in [0.1, 0.15) is 11.9 Å². The number of pyridine rings is 1. The van der Waals surface area contributed by atoms with Crippen LogP contribution in [0, 0.1) is 0 Å². The molecule has 1 aliphatic heterocycles. The van der Waals surface area contributed by atoms with E-state index in [2.05, 4.69) is 4.98 Å². The summed E-state index contributed by atoms with van der Waals surface area (Å²) >= 11 is 0. The van der Waals surface area contributed by atoms with Crippen molar-refractivity contribution in [2.75, 3.05) is 25.5 Å². The van der Waals surface area contributed by atoms with Crippen molar-refractivity contribution in [3.8, 4) is 0 Å². The van der Waals surface area contributed by atoms with Crippen LogP contribution in [-0.2, 0) is 4.79 Å². The minimum Gasteiger partial charge on any atom is -0.480 e. The van der Waals surface area contributed by atoms with Gasteiger partial charge in [-0.05, 0) is 25.0 Å². The molecule has 21 heavy (non-hydrogen) atoms. The second-order valence-corrected chi connectivity index (χ2v) is 5.50. The number of rotatable bonds is 3. The molecule has 0 radical (unpaired) electrons. The average molecular weight is 291 g/mol. The molecule has 0 bridgehead atoms. The summed E-state index contributed by atoms with van der Waals surface area (Å²) in [5.74, 6) is -0.468. The molecule has 114 valence electrons. The molecule has 2 heterocycles. The standard InChI is InChI=1S/C15H21N3O3/c1-17(2)13-10-11(7-8-16-13)14(19)18-9-5-3-4-6-12(18)15(20)21/h7-8,10,12H,3-6,9H2,1-2H3,(H,20,21). The average Bonchev–Trinajstić information content (AvgIpc) is 2.72. The number of hydrogen-bond acceptors (Lipinski definition) is 4. The number of likely N-dealkylation sites (tertiary alicyclic amines) is 1. The number of anilines is 1. The molecule has 1 N–H and O–H groups in total. The molecule has 1 aromatic heterocycles. The Balaban J connectivity index is 2.27. The van der Waals surface area contributed by atoms with Gasteiger partial charge in [-0.25, -0.2) is 9.78 Å². The Morgan fingerprint density at radius 1 is 1.33 bits per heavy atom. The first-order valence-corrected chi connectivity index (χ1v) is 7.18. The maximum absolute atomic E-state index is 12.7. The number of nitrogens with zero attached hydrogens (tertiary/aromatic N) is 3. The van der Waals surface area contributed by atoms with Crippen molar-refractivity contribution in [1.29, 1.82) is 0 Å². The van der Waals surface area contributed by atoms with Crippen molar-refractivity contribution >= 4 is 17.7 Å². The van der Waals surface area contributed by atoms with E-state index in [9.17, 15) is 14.7 Å². The van der Waals surface area contributed by atoms with Gasteiger partial charge in [0, 0.05) is 32.4 Å². The van der Waals surface area contributed by atoms with Crippen LogP contribution in [0.2, 0.25) is 0 Å². The highest BCUT2D eigenvalue weighted by molar-refractivity contribution is 5.97. The van der Waals surface area contributed by atoms with E-state index in [1.807, 2.05) is 19.0 Å². The van der Waals surface area contributed by atoms with Crippen LogP contribution in [0.4, 0.5) is 5.82 Å². The second-order valence-electron chi connectivity index (χ2n) is 5.50. The molecule has 1 fully saturated rings. The number of carbonyl (C=O) groups excluding carboxylic acids is 1. The smallest absolute Gasteiger partial charge is 0.326 e. The molecule has 1 amide bonds. The fourth-order valence-electron chi connectivity index (χ4n) is 2.57. The van der Waals surface area contributed by atoms with Crippen molar-refractivity contribution in [3.05, 3.63) is 23.9 Å². The molecule has 1 aliphatic rings. The van der Waals surface area contributed by atoms with Crippen LogP contribution < -0.4 is 4.90 Å². The van der Waals surface area contributed by atoms with Crippen LogP contribution in [0.15, 0.2) is 18.3 Å². The normalized spacial score (nSPS) is 19.0. The quantitative estimate of drug-likeness (QED) is 0.916. The van der Waals surface area contributed by atoms with Gasteiger partial charge in [-0.1, -0.05) is 12.8 Å². The Bertz CT molecular complexity index is 531. The van der Waals surface area contributed by atoms with Gasteiger partial charge in [-0.15, -0.1) is 0 Å². The molecule has 1 saturated heterocycles. The van der Waals surface area contributed by atoms with Crippen LogP contribution in [0.5, 0.6) is 0 Å². The maximum atomic E-state index is 12.7. The van der Waals surface area contributed by atoms with Gasteiger partial charge in [-0.3, -0.25) is 4.79 Å². The molecule has 1 aromatic rings. The monoisotopic (exact) mass is 291 g/mol. The summed E-state index contributed by atoms with van der Waals surface area (Å²) in [6.07, 6.45) is 4.76. The van der Waals surface area contributed by atoms with Crippen LogP contribution >= 0.6 is 0 Å². The first-order chi connectivity index (χ1) is 10.0. The Morgan fingerprint density at radius 3 is 2.76 bits per heavy atom. The van der Waals surface area contributed by atoms with Crippen molar-refractivity contribution in [3.63, 3.8) is 0 Å². The van der Waals surface area contributed by atoms with Crippen LogP contribution in [0.25, 0.3) is 0 Å². The Hall–Kier alpha value is -2.11. The topological polar surface area (TPSA) is 73.7 Å². The minimum atomic E-state index is -0.924. The lowest BCUT2D eigenvalue weighted by atomic mass is 10.1. The zero-order valence-corrected chi connectivity index (χ0v) is 12.5. The van der Waals surface area contributed by atoms with Crippen LogP contribution in [-0.4, -0.2) is 53.5 Å². The van der Waals surface area contributed by atoms with E-state index >= 15 is 0 Å². The van der Waals surface area contributed by atoms with E-state index in [0.29, 0.717) is 24.3 Å². The maximum Gasteiger partial charge on any atom is 0.326 e. The Labute approximate surface area is 124 Å². The number of carboxylic acids is 1. The Kier molecular flexibility index (Phi) is 4.77.